The van der Waals surface area contributed by atoms with Gasteiger partial charge in [-0.1, -0.05) is 17.7 Å². The predicted molar refractivity (Wildman–Crippen MR) is 177 cm³/mol. The molecule has 0 saturated heterocycles. The Morgan fingerprint density at radius 3 is 2.09 bits per heavy atom. The molecule has 1 unspecified atom stereocenters. The third-order valence-corrected chi connectivity index (χ3v) is 7.46. The number of aromatic amines is 1. The number of fused-ring (bicyclic) bond motifs is 1. The van der Waals surface area contributed by atoms with Gasteiger partial charge in [-0.2, -0.15) is 36.5 Å². The summed E-state index contributed by atoms with van der Waals surface area (Å²) in [4.78, 5) is 44.8. The van der Waals surface area contributed by atoms with Gasteiger partial charge in [0.15, 0.2) is 5.65 Å². The number of pyridine rings is 1. The van der Waals surface area contributed by atoms with E-state index in [9.17, 15) is 31.1 Å². The molecule has 22 heteroatoms. The van der Waals surface area contributed by atoms with E-state index < -0.39 is 24.3 Å². The van der Waals surface area contributed by atoms with Crippen LogP contribution in [0.2, 0.25) is 5.02 Å². The number of nitrogens with two attached hydrogens (primary N) is 1. The molecule has 0 aliphatic heterocycles. The first kappa shape index (κ1) is 41.4. The van der Waals surface area contributed by atoms with Crippen LogP contribution in [0.3, 0.4) is 0 Å². The van der Waals surface area contributed by atoms with Crippen molar-refractivity contribution in [2.45, 2.75) is 39.2 Å². The minimum atomic E-state index is -5.08. The van der Waals surface area contributed by atoms with Crippen molar-refractivity contribution < 1.29 is 55.7 Å². The molecular formula is C31H30ClF6N9O6. The van der Waals surface area contributed by atoms with Crippen LogP contribution in [0.5, 0.6) is 5.75 Å². The maximum Gasteiger partial charge on any atom is 0.490 e. The summed E-state index contributed by atoms with van der Waals surface area (Å²) < 4.78 is 71.5. The first-order chi connectivity index (χ1) is 24.6. The number of aliphatic carboxylic acids is 2. The molecule has 1 aromatic carbocycles. The number of nitrogens with one attached hydrogen (secondary N) is 1. The number of aromatic nitrogens is 7. The number of anilines is 1. The molecule has 4 aromatic heterocycles. The molecule has 1 atom stereocenters. The molecule has 5 aromatic rings. The van der Waals surface area contributed by atoms with Gasteiger partial charge in [0.2, 0.25) is 0 Å². The van der Waals surface area contributed by atoms with Gasteiger partial charge in [-0.3, -0.25) is 14.9 Å². The highest BCUT2D eigenvalue weighted by molar-refractivity contribution is 6.32. The summed E-state index contributed by atoms with van der Waals surface area (Å²) in [5, 5.41) is 27.2. The lowest BCUT2D eigenvalue weighted by Gasteiger charge is -2.23. The SMILES string of the molecule is CCOc1c(C(C)n2nc(-c3cn[nH]c3)c3c(N)ncnc32)cc(Cl)c(C)c1-c1ccc(C(=O)N(C)C)nc1.O=C(O)C(F)(F)F.O=C(O)C(F)(F)F. The van der Waals surface area contributed by atoms with Gasteiger partial charge in [0.05, 0.1) is 24.2 Å². The zero-order chi connectivity index (χ0) is 40.0. The Balaban J connectivity index is 0.000000458. The number of H-pyrrole nitrogens is 1. The molecule has 4 heterocycles. The number of hydrogen-bond donors (Lipinski definition) is 4. The number of nitrogen functional groups attached to an aromatic ring is 1. The van der Waals surface area contributed by atoms with Gasteiger partial charge in [0.25, 0.3) is 5.91 Å². The number of alkyl halides is 6. The average Bonchev–Trinajstić information content (AvgIpc) is 3.75. The second-order valence-corrected chi connectivity index (χ2v) is 11.3. The van der Waals surface area contributed by atoms with Crippen molar-refractivity contribution in [1.29, 1.82) is 0 Å². The van der Waals surface area contributed by atoms with E-state index in [1.807, 2.05) is 32.9 Å². The van der Waals surface area contributed by atoms with Gasteiger partial charge in [0, 0.05) is 53.8 Å². The number of nitrogens with zero attached hydrogens (tertiary/aromatic N) is 7. The molecule has 0 bridgehead atoms. The molecule has 284 valence electrons. The molecule has 53 heavy (non-hydrogen) atoms. The van der Waals surface area contributed by atoms with Crippen LogP contribution < -0.4 is 10.5 Å². The van der Waals surface area contributed by atoms with Crippen molar-refractivity contribution in [3.63, 3.8) is 0 Å². The zero-order valence-electron chi connectivity index (χ0n) is 28.2. The molecule has 15 nitrogen and oxygen atoms in total. The fourth-order valence-electron chi connectivity index (χ4n) is 4.58. The quantitative estimate of drug-likeness (QED) is 0.144. The molecule has 1 amide bonds. The summed E-state index contributed by atoms with van der Waals surface area (Å²) in [6.45, 7) is 6.28. The van der Waals surface area contributed by atoms with E-state index in [1.54, 1.807) is 43.4 Å². The number of carbonyl (C=O) groups is 3. The second-order valence-electron chi connectivity index (χ2n) is 10.9. The minimum absolute atomic E-state index is 0.177. The topological polar surface area (TPSA) is 215 Å². The van der Waals surface area contributed by atoms with Crippen molar-refractivity contribution in [3.05, 3.63) is 65.0 Å². The predicted octanol–water partition coefficient (Wildman–Crippen LogP) is 5.80. The van der Waals surface area contributed by atoms with E-state index in [4.69, 9.17) is 47.0 Å². The van der Waals surface area contributed by atoms with Gasteiger partial charge in [0.1, 0.15) is 29.3 Å². The van der Waals surface area contributed by atoms with Crippen LogP contribution in [0.15, 0.2) is 43.1 Å². The number of hydrogen-bond acceptors (Lipinski definition) is 10. The highest BCUT2D eigenvalue weighted by atomic mass is 35.5. The number of carbonyl (C=O) groups excluding carboxylic acids is 1. The van der Waals surface area contributed by atoms with Crippen LogP contribution in [0, 0.1) is 6.92 Å². The van der Waals surface area contributed by atoms with Gasteiger partial charge in [-0.25, -0.2) is 24.2 Å². The van der Waals surface area contributed by atoms with Crippen LogP contribution in [0.25, 0.3) is 33.4 Å². The molecule has 0 spiro atoms. The summed E-state index contributed by atoms with van der Waals surface area (Å²) in [5.74, 6) is -4.72. The van der Waals surface area contributed by atoms with Crippen LogP contribution in [0.4, 0.5) is 32.2 Å². The van der Waals surface area contributed by atoms with Gasteiger partial charge < -0.3 is 25.6 Å². The Morgan fingerprint density at radius 2 is 1.62 bits per heavy atom. The lowest BCUT2D eigenvalue weighted by molar-refractivity contribution is -0.193. The van der Waals surface area contributed by atoms with E-state index in [-0.39, 0.29) is 11.9 Å². The standard InChI is InChI=1S/C27H28ClN9O2.2C2HF3O2/c1-6-39-24-18(9-19(28)14(2)21(24)16-7-8-20(30-10-16)27(38)36(4)5)15(3)37-26-22(25(29)31-13-32-26)23(35-37)17-11-33-34-12-17;2*3-2(4,5)1(6)7/h7-13,15H,6H2,1-5H3,(H,33,34)(H2,29,31,32);2*(H,6,7). The number of benzene rings is 1. The summed E-state index contributed by atoms with van der Waals surface area (Å²) in [6, 6.07) is 5.09. The summed E-state index contributed by atoms with van der Waals surface area (Å²) in [6.07, 6.45) is -3.66. The Labute approximate surface area is 300 Å². The van der Waals surface area contributed by atoms with E-state index >= 15 is 0 Å². The minimum Gasteiger partial charge on any atom is -0.493 e. The lowest BCUT2D eigenvalue weighted by atomic mass is 9.94. The molecule has 0 aliphatic carbocycles. The number of rotatable bonds is 7. The summed E-state index contributed by atoms with van der Waals surface area (Å²) in [5.41, 5.74) is 11.8. The molecule has 0 radical (unpaired) electrons. The van der Waals surface area contributed by atoms with Crippen molar-refractivity contribution in [3.8, 4) is 28.1 Å². The Kier molecular flexibility index (Phi) is 13.0. The van der Waals surface area contributed by atoms with Crippen LogP contribution >= 0.6 is 11.6 Å². The summed E-state index contributed by atoms with van der Waals surface area (Å²) in [7, 11) is 3.38. The zero-order valence-corrected chi connectivity index (χ0v) is 29.0. The summed E-state index contributed by atoms with van der Waals surface area (Å²) >= 11 is 6.80. The maximum atomic E-state index is 12.4. The van der Waals surface area contributed by atoms with Gasteiger partial charge in [-0.15, -0.1) is 0 Å². The first-order valence-corrected chi connectivity index (χ1v) is 15.2. The van der Waals surface area contributed by atoms with Gasteiger partial charge >= 0.3 is 24.3 Å². The largest absolute Gasteiger partial charge is 0.493 e. The lowest BCUT2D eigenvalue weighted by Crippen LogP contribution is -2.22. The third kappa shape index (κ3) is 9.67. The highest BCUT2D eigenvalue weighted by Gasteiger charge is 2.39. The van der Waals surface area contributed by atoms with Crippen molar-refractivity contribution in [2.75, 3.05) is 26.4 Å². The van der Waals surface area contributed by atoms with Gasteiger partial charge in [-0.05, 0) is 38.5 Å². The molecular weight excluding hydrogens is 744 g/mol. The van der Waals surface area contributed by atoms with Crippen LogP contribution in [-0.2, 0) is 9.59 Å². The Hall–Kier alpha value is -5.99. The van der Waals surface area contributed by atoms with E-state index in [1.165, 1.54) is 11.2 Å². The smallest absolute Gasteiger partial charge is 0.490 e. The van der Waals surface area contributed by atoms with Crippen LogP contribution in [0.1, 0.15) is 41.5 Å². The number of carboxylic acid groups (broad SMARTS) is 2. The second kappa shape index (κ2) is 16.6. The van der Waals surface area contributed by atoms with E-state index in [0.29, 0.717) is 45.6 Å². The molecule has 0 saturated carbocycles. The third-order valence-electron chi connectivity index (χ3n) is 7.06. The average molecular weight is 774 g/mol. The molecule has 5 rings (SSSR count). The fourth-order valence-corrected chi connectivity index (χ4v) is 4.79. The van der Waals surface area contributed by atoms with Crippen molar-refractivity contribution in [1.82, 2.24) is 39.8 Å². The monoisotopic (exact) mass is 773 g/mol. The number of carboxylic acids is 2. The number of ether oxygens (including phenoxy) is 1. The Bertz CT molecular complexity index is 2060. The maximum absolute atomic E-state index is 12.4. The van der Waals surface area contributed by atoms with E-state index in [0.717, 1.165) is 27.8 Å². The fraction of sp³-hybridized carbons (Fsp3) is 0.290. The highest BCUT2D eigenvalue weighted by Crippen LogP contribution is 2.44. The molecule has 5 N–H and O–H groups in total. The number of halogens is 7. The van der Waals surface area contributed by atoms with E-state index in [2.05, 4.69) is 25.1 Å². The molecule has 0 fully saturated rings. The molecule has 0 aliphatic rings. The number of amides is 1. The Morgan fingerprint density at radius 1 is 1.02 bits per heavy atom. The van der Waals surface area contributed by atoms with Crippen molar-refractivity contribution in [2.24, 2.45) is 0 Å². The normalized spacial score (nSPS) is 11.8. The van der Waals surface area contributed by atoms with Crippen LogP contribution in [-0.4, -0.2) is 101 Å². The first-order valence-electron chi connectivity index (χ1n) is 14.8. The van der Waals surface area contributed by atoms with Crippen molar-refractivity contribution >= 4 is 46.3 Å².